The quantitative estimate of drug-likeness (QED) is 0.316. The number of hydrogen-bond donors (Lipinski definition) is 0. The number of fused-ring (bicyclic) bond motifs is 6. The SMILES string of the molecule is CC(=O)OCC1CS[C@@]2(C[C@H]3[C@@H]4CC[C@H]([C@H](C)CCCC(C)C)[C@@]4(C)CC[C@@H]3[C@@]3(C)CCCC[C@@H]32)O1. The van der Waals surface area contributed by atoms with Crippen LogP contribution in [0.3, 0.4) is 0 Å². The van der Waals surface area contributed by atoms with Crippen LogP contribution >= 0.6 is 11.8 Å². The third-order valence-electron chi connectivity index (χ3n) is 12.1. The van der Waals surface area contributed by atoms with Gasteiger partial charge >= 0.3 is 5.97 Å². The maximum Gasteiger partial charge on any atom is 0.302 e. The predicted molar refractivity (Wildman–Crippen MR) is 150 cm³/mol. The molecule has 3 nitrogen and oxygen atoms in total. The van der Waals surface area contributed by atoms with Gasteiger partial charge in [-0.3, -0.25) is 4.79 Å². The number of carbonyl (C=O) groups excluding carboxylic acids is 1. The third-order valence-corrected chi connectivity index (χ3v) is 13.7. The van der Waals surface area contributed by atoms with Gasteiger partial charge in [-0.05, 0) is 91.3 Å². The van der Waals surface area contributed by atoms with Crippen LogP contribution in [0.15, 0.2) is 0 Å². The van der Waals surface area contributed by atoms with Gasteiger partial charge in [0.1, 0.15) is 17.6 Å². The Morgan fingerprint density at radius 1 is 1.00 bits per heavy atom. The van der Waals surface area contributed by atoms with Crippen LogP contribution in [0.1, 0.15) is 119 Å². The van der Waals surface area contributed by atoms with Gasteiger partial charge in [-0.2, -0.15) is 0 Å². The molecule has 5 fully saturated rings. The molecule has 36 heavy (non-hydrogen) atoms. The molecule has 1 unspecified atom stereocenters. The van der Waals surface area contributed by atoms with Crippen molar-refractivity contribution in [1.82, 2.24) is 0 Å². The van der Waals surface area contributed by atoms with Gasteiger partial charge in [0.2, 0.25) is 0 Å². The van der Waals surface area contributed by atoms with Crippen molar-refractivity contribution >= 4 is 17.7 Å². The molecule has 0 aromatic rings. The summed E-state index contributed by atoms with van der Waals surface area (Å²) in [6.45, 7) is 14.7. The average molecular weight is 519 g/mol. The van der Waals surface area contributed by atoms with Gasteiger partial charge in [0.25, 0.3) is 0 Å². The first-order valence-corrected chi connectivity index (χ1v) is 16.5. The lowest BCUT2D eigenvalue weighted by molar-refractivity contribution is -0.199. The zero-order valence-electron chi connectivity index (χ0n) is 24.2. The Morgan fingerprint density at radius 2 is 1.78 bits per heavy atom. The van der Waals surface area contributed by atoms with E-state index in [1.54, 1.807) is 0 Å². The van der Waals surface area contributed by atoms with Gasteiger partial charge in [-0.1, -0.05) is 66.7 Å². The molecule has 5 rings (SSSR count). The molecule has 4 saturated carbocycles. The molecule has 1 saturated heterocycles. The minimum atomic E-state index is -0.182. The number of carbonyl (C=O) groups is 1. The monoisotopic (exact) mass is 518 g/mol. The minimum Gasteiger partial charge on any atom is -0.463 e. The maximum atomic E-state index is 11.5. The molecule has 0 amide bonds. The van der Waals surface area contributed by atoms with Crippen molar-refractivity contribution in [2.45, 2.75) is 130 Å². The van der Waals surface area contributed by atoms with Crippen molar-refractivity contribution in [3.8, 4) is 0 Å². The van der Waals surface area contributed by atoms with Crippen molar-refractivity contribution in [1.29, 1.82) is 0 Å². The largest absolute Gasteiger partial charge is 0.463 e. The number of rotatable bonds is 7. The molecule has 0 radical (unpaired) electrons. The van der Waals surface area contributed by atoms with E-state index in [0.29, 0.717) is 23.4 Å². The summed E-state index contributed by atoms with van der Waals surface area (Å²) in [6.07, 6.45) is 16.8. The predicted octanol–water partition coefficient (Wildman–Crippen LogP) is 8.50. The van der Waals surface area contributed by atoms with Crippen molar-refractivity contribution in [3.05, 3.63) is 0 Å². The first kappa shape index (κ1) is 27.4. The van der Waals surface area contributed by atoms with E-state index >= 15 is 0 Å². The molecule has 0 bridgehead atoms. The number of hydrogen-bond acceptors (Lipinski definition) is 4. The highest BCUT2D eigenvalue weighted by atomic mass is 32.2. The van der Waals surface area contributed by atoms with Gasteiger partial charge in [-0.15, -0.1) is 11.8 Å². The van der Waals surface area contributed by atoms with Crippen molar-refractivity contribution in [2.75, 3.05) is 12.4 Å². The van der Waals surface area contributed by atoms with Crippen LogP contribution in [-0.4, -0.2) is 29.4 Å². The molecule has 10 atom stereocenters. The van der Waals surface area contributed by atoms with Crippen LogP contribution in [0.4, 0.5) is 0 Å². The Hall–Kier alpha value is -0.220. The van der Waals surface area contributed by atoms with Crippen LogP contribution in [0.5, 0.6) is 0 Å². The summed E-state index contributed by atoms with van der Waals surface area (Å²) in [7, 11) is 0. The van der Waals surface area contributed by atoms with E-state index in [9.17, 15) is 4.79 Å². The third kappa shape index (κ3) is 4.71. The van der Waals surface area contributed by atoms with Crippen LogP contribution < -0.4 is 0 Å². The second-order valence-corrected chi connectivity index (χ2v) is 15.9. The molecule has 1 aliphatic heterocycles. The Balaban J connectivity index is 1.37. The van der Waals surface area contributed by atoms with E-state index in [0.717, 1.165) is 41.3 Å². The topological polar surface area (TPSA) is 35.5 Å². The summed E-state index contributed by atoms with van der Waals surface area (Å²) in [5, 5.41) is 0. The molecule has 0 N–H and O–H groups in total. The van der Waals surface area contributed by atoms with Gasteiger partial charge in [-0.25, -0.2) is 0 Å². The van der Waals surface area contributed by atoms with E-state index in [4.69, 9.17) is 9.47 Å². The zero-order chi connectivity index (χ0) is 25.7. The molecule has 5 aliphatic rings. The fourth-order valence-electron chi connectivity index (χ4n) is 10.6. The van der Waals surface area contributed by atoms with E-state index in [2.05, 4.69) is 46.4 Å². The lowest BCUT2D eigenvalue weighted by Crippen LogP contribution is -2.61. The van der Waals surface area contributed by atoms with Gasteiger partial charge in [0.15, 0.2) is 0 Å². The first-order chi connectivity index (χ1) is 17.1. The summed E-state index contributed by atoms with van der Waals surface area (Å²) < 4.78 is 12.5. The van der Waals surface area contributed by atoms with E-state index < -0.39 is 0 Å². The highest BCUT2D eigenvalue weighted by molar-refractivity contribution is 8.00. The average Bonchev–Trinajstić information content (AvgIpc) is 3.38. The Labute approximate surface area is 226 Å². The molecule has 4 heteroatoms. The number of thioether (sulfide) groups is 1. The van der Waals surface area contributed by atoms with Gasteiger partial charge in [0, 0.05) is 18.6 Å². The van der Waals surface area contributed by atoms with E-state index in [1.807, 2.05) is 0 Å². The molecule has 4 aliphatic carbocycles. The Bertz CT molecular complexity index is 798. The molecule has 1 spiro atoms. The van der Waals surface area contributed by atoms with Gasteiger partial charge < -0.3 is 9.47 Å². The summed E-state index contributed by atoms with van der Waals surface area (Å²) in [4.78, 5) is 11.4. The number of ether oxygens (including phenoxy) is 2. The van der Waals surface area contributed by atoms with E-state index in [1.165, 1.54) is 84.0 Å². The second kappa shape index (κ2) is 10.4. The number of esters is 1. The van der Waals surface area contributed by atoms with Crippen LogP contribution in [0.2, 0.25) is 0 Å². The summed E-state index contributed by atoms with van der Waals surface area (Å²) in [5.74, 6) is 6.58. The molecule has 0 aromatic heterocycles. The minimum absolute atomic E-state index is 0.0552. The first-order valence-electron chi connectivity index (χ1n) is 15.5. The van der Waals surface area contributed by atoms with Crippen LogP contribution in [0, 0.1) is 52.3 Å². The van der Waals surface area contributed by atoms with Crippen molar-refractivity contribution < 1.29 is 14.3 Å². The fourth-order valence-corrected chi connectivity index (χ4v) is 12.3. The van der Waals surface area contributed by atoms with Crippen molar-refractivity contribution in [3.63, 3.8) is 0 Å². The van der Waals surface area contributed by atoms with Crippen molar-refractivity contribution in [2.24, 2.45) is 52.3 Å². The van der Waals surface area contributed by atoms with Crippen LogP contribution in [-0.2, 0) is 14.3 Å². The zero-order valence-corrected chi connectivity index (χ0v) is 25.0. The Morgan fingerprint density at radius 3 is 2.53 bits per heavy atom. The lowest BCUT2D eigenvalue weighted by Gasteiger charge is -2.65. The molecule has 0 aromatic carbocycles. The van der Waals surface area contributed by atoms with Gasteiger partial charge in [0.05, 0.1) is 0 Å². The highest BCUT2D eigenvalue weighted by Crippen LogP contribution is 2.72. The maximum absolute atomic E-state index is 11.5. The molecular formula is C32H54O3S. The standard InChI is InChI=1S/C32H54O3S/c1-21(2)10-9-11-22(3)26-13-14-27-25-18-32(35-24(20-36-32)19-34-23(4)33)29-12-7-8-16-31(29,6)28(25)15-17-30(26,27)5/h21-22,24-29H,7-20H2,1-6H3/t22-,24?,25+,26-,27+,28+,29+,30-,31-,32-/m1/s1. The lowest BCUT2D eigenvalue weighted by atomic mass is 9.43. The summed E-state index contributed by atoms with van der Waals surface area (Å²) in [5.41, 5.74) is 0.921. The molecular weight excluding hydrogens is 464 g/mol. The Kier molecular flexibility index (Phi) is 7.90. The molecule has 1 heterocycles. The second-order valence-electron chi connectivity index (χ2n) is 14.6. The summed E-state index contributed by atoms with van der Waals surface area (Å²) >= 11 is 2.11. The summed E-state index contributed by atoms with van der Waals surface area (Å²) in [6, 6.07) is 0. The van der Waals surface area contributed by atoms with E-state index in [-0.39, 0.29) is 17.0 Å². The smallest absolute Gasteiger partial charge is 0.302 e. The fraction of sp³-hybridized carbons (Fsp3) is 0.969. The highest BCUT2D eigenvalue weighted by Gasteiger charge is 2.67. The van der Waals surface area contributed by atoms with Crippen LogP contribution in [0.25, 0.3) is 0 Å². The molecule has 206 valence electrons. The normalized spacial score (nSPS) is 46.9.